The molecule has 0 aliphatic carbocycles. The molecule has 2 rings (SSSR count). The molecule has 0 radical (unpaired) electrons. The number of esters is 1. The third-order valence-corrected chi connectivity index (χ3v) is 3.86. The predicted molar refractivity (Wildman–Crippen MR) is 106 cm³/mol. The van der Waals surface area contributed by atoms with E-state index >= 15 is 0 Å². The standard InChI is InChI=1S/C20H20ClNO6/c1-25-15-7-4-13(18(11-15)27-3)5-9-20(24)28-12-19(23)22-16-10-14(21)6-8-17(16)26-2/h4-11H,12H2,1-3H3,(H,22,23)/b9-5+. The van der Waals surface area contributed by atoms with Crippen molar-refractivity contribution in [3.8, 4) is 17.2 Å². The van der Waals surface area contributed by atoms with E-state index < -0.39 is 18.5 Å². The van der Waals surface area contributed by atoms with Crippen molar-refractivity contribution in [2.75, 3.05) is 33.3 Å². The Labute approximate surface area is 167 Å². The first-order valence-corrected chi connectivity index (χ1v) is 8.55. The van der Waals surface area contributed by atoms with Crippen molar-refractivity contribution in [3.05, 3.63) is 53.1 Å². The molecule has 0 aliphatic heterocycles. The number of halogens is 1. The molecule has 2 aromatic rings. The molecule has 1 amide bonds. The number of carbonyl (C=O) groups excluding carboxylic acids is 2. The van der Waals surface area contributed by atoms with Crippen LogP contribution in [0.25, 0.3) is 6.08 Å². The molecule has 7 nitrogen and oxygen atoms in total. The van der Waals surface area contributed by atoms with E-state index in [-0.39, 0.29) is 0 Å². The lowest BCUT2D eigenvalue weighted by molar-refractivity contribution is -0.142. The van der Waals surface area contributed by atoms with Crippen LogP contribution in [0.15, 0.2) is 42.5 Å². The summed E-state index contributed by atoms with van der Waals surface area (Å²) < 4.78 is 20.4. The van der Waals surface area contributed by atoms with Crippen molar-refractivity contribution in [2.24, 2.45) is 0 Å². The van der Waals surface area contributed by atoms with Crippen LogP contribution in [0, 0.1) is 0 Å². The van der Waals surface area contributed by atoms with Crippen molar-refractivity contribution in [2.45, 2.75) is 0 Å². The van der Waals surface area contributed by atoms with E-state index in [1.807, 2.05) is 0 Å². The number of hydrogen-bond donors (Lipinski definition) is 1. The summed E-state index contributed by atoms with van der Waals surface area (Å²) in [6, 6.07) is 9.95. The highest BCUT2D eigenvalue weighted by Gasteiger charge is 2.10. The second-order valence-electron chi connectivity index (χ2n) is 5.44. The van der Waals surface area contributed by atoms with Gasteiger partial charge in [0.05, 0.1) is 27.0 Å². The lowest BCUT2D eigenvalue weighted by Crippen LogP contribution is -2.20. The van der Waals surface area contributed by atoms with Crippen LogP contribution >= 0.6 is 11.6 Å². The molecule has 28 heavy (non-hydrogen) atoms. The number of benzene rings is 2. The Morgan fingerprint density at radius 1 is 1.00 bits per heavy atom. The lowest BCUT2D eigenvalue weighted by atomic mass is 10.2. The van der Waals surface area contributed by atoms with E-state index in [0.29, 0.717) is 33.5 Å². The van der Waals surface area contributed by atoms with Crippen molar-refractivity contribution >= 4 is 35.2 Å². The topological polar surface area (TPSA) is 83.1 Å². The minimum absolute atomic E-state index is 0.384. The summed E-state index contributed by atoms with van der Waals surface area (Å²) in [5.41, 5.74) is 1.04. The van der Waals surface area contributed by atoms with Gasteiger partial charge < -0.3 is 24.3 Å². The highest BCUT2D eigenvalue weighted by Crippen LogP contribution is 2.27. The number of rotatable bonds is 8. The highest BCUT2D eigenvalue weighted by molar-refractivity contribution is 6.31. The summed E-state index contributed by atoms with van der Waals surface area (Å²) in [4.78, 5) is 23.9. The number of amides is 1. The van der Waals surface area contributed by atoms with Crippen LogP contribution in [0.1, 0.15) is 5.56 Å². The number of methoxy groups -OCH3 is 3. The molecule has 0 aliphatic rings. The Morgan fingerprint density at radius 3 is 2.43 bits per heavy atom. The van der Waals surface area contributed by atoms with Crippen molar-refractivity contribution in [3.63, 3.8) is 0 Å². The molecule has 0 spiro atoms. The fraction of sp³-hybridized carbons (Fsp3) is 0.200. The molecule has 1 N–H and O–H groups in total. The second kappa shape index (κ2) is 10.2. The fourth-order valence-corrected chi connectivity index (χ4v) is 2.44. The Balaban J connectivity index is 1.93. The van der Waals surface area contributed by atoms with Gasteiger partial charge in [-0.25, -0.2) is 4.79 Å². The van der Waals surface area contributed by atoms with Gasteiger partial charge >= 0.3 is 5.97 Å². The summed E-state index contributed by atoms with van der Waals surface area (Å²) in [7, 11) is 4.53. The van der Waals surface area contributed by atoms with Gasteiger partial charge in [0.15, 0.2) is 6.61 Å². The zero-order valence-electron chi connectivity index (χ0n) is 15.7. The average Bonchev–Trinajstić information content (AvgIpc) is 2.70. The number of nitrogens with one attached hydrogen (secondary N) is 1. The average molecular weight is 406 g/mol. The van der Waals surface area contributed by atoms with Gasteiger partial charge in [0.2, 0.25) is 0 Å². The smallest absolute Gasteiger partial charge is 0.331 e. The minimum Gasteiger partial charge on any atom is -0.497 e. The molecule has 0 heterocycles. The molecule has 8 heteroatoms. The van der Waals surface area contributed by atoms with Crippen LogP contribution in [-0.2, 0) is 14.3 Å². The fourth-order valence-electron chi connectivity index (χ4n) is 2.26. The molecular weight excluding hydrogens is 386 g/mol. The van der Waals surface area contributed by atoms with Crippen LogP contribution < -0.4 is 19.5 Å². The largest absolute Gasteiger partial charge is 0.497 e. The highest BCUT2D eigenvalue weighted by atomic mass is 35.5. The summed E-state index contributed by atoms with van der Waals surface area (Å²) in [5, 5.41) is 3.01. The van der Waals surface area contributed by atoms with Crippen molar-refractivity contribution in [1.82, 2.24) is 0 Å². The van der Waals surface area contributed by atoms with E-state index in [9.17, 15) is 9.59 Å². The quantitative estimate of drug-likeness (QED) is 0.534. The first-order valence-electron chi connectivity index (χ1n) is 8.17. The molecular formula is C20H20ClNO6. The SMILES string of the molecule is COc1ccc(/C=C/C(=O)OCC(=O)Nc2cc(Cl)ccc2OC)c(OC)c1. The number of anilines is 1. The van der Waals surface area contributed by atoms with Crippen molar-refractivity contribution < 1.29 is 28.5 Å². The molecule has 0 saturated carbocycles. The first-order chi connectivity index (χ1) is 13.5. The molecule has 0 aromatic heterocycles. The molecule has 0 fully saturated rings. The number of hydrogen-bond acceptors (Lipinski definition) is 6. The molecule has 0 atom stereocenters. The molecule has 148 valence electrons. The van der Waals surface area contributed by atoms with Gasteiger partial charge in [-0.15, -0.1) is 0 Å². The Bertz CT molecular complexity index is 881. The number of carbonyl (C=O) groups is 2. The third-order valence-electron chi connectivity index (χ3n) is 3.62. The Morgan fingerprint density at radius 2 is 1.75 bits per heavy atom. The predicted octanol–water partition coefficient (Wildman–Crippen LogP) is 3.56. The summed E-state index contributed by atoms with van der Waals surface area (Å²) in [6.45, 7) is -0.460. The molecule has 2 aromatic carbocycles. The lowest BCUT2D eigenvalue weighted by Gasteiger charge is -2.10. The maximum Gasteiger partial charge on any atom is 0.331 e. The monoisotopic (exact) mass is 405 g/mol. The third kappa shape index (κ3) is 5.92. The zero-order chi connectivity index (χ0) is 20.5. The van der Waals surface area contributed by atoms with Gasteiger partial charge in [-0.2, -0.15) is 0 Å². The maximum atomic E-state index is 12.0. The first kappa shape index (κ1) is 21.1. The van der Waals surface area contributed by atoms with Gasteiger partial charge in [-0.1, -0.05) is 11.6 Å². The van der Waals surface area contributed by atoms with Gasteiger partial charge in [0, 0.05) is 22.7 Å². The zero-order valence-corrected chi connectivity index (χ0v) is 16.4. The van der Waals surface area contributed by atoms with Gasteiger partial charge in [-0.3, -0.25) is 4.79 Å². The van der Waals surface area contributed by atoms with E-state index in [2.05, 4.69) is 5.32 Å². The van der Waals surface area contributed by atoms with Gasteiger partial charge in [0.25, 0.3) is 5.91 Å². The Hall–Kier alpha value is -3.19. The van der Waals surface area contributed by atoms with Crippen LogP contribution in [-0.4, -0.2) is 39.8 Å². The van der Waals surface area contributed by atoms with E-state index in [1.54, 1.807) is 37.4 Å². The van der Waals surface area contributed by atoms with E-state index in [0.717, 1.165) is 0 Å². The maximum absolute atomic E-state index is 12.0. The second-order valence-corrected chi connectivity index (χ2v) is 5.88. The van der Waals surface area contributed by atoms with Crippen molar-refractivity contribution in [1.29, 1.82) is 0 Å². The van der Waals surface area contributed by atoms with Gasteiger partial charge in [-0.05, 0) is 36.4 Å². The minimum atomic E-state index is -0.675. The molecule has 0 saturated heterocycles. The van der Waals surface area contributed by atoms with Gasteiger partial charge in [0.1, 0.15) is 17.2 Å². The summed E-state index contributed by atoms with van der Waals surface area (Å²) in [5.74, 6) is 0.407. The van der Waals surface area contributed by atoms with E-state index in [4.69, 9.17) is 30.5 Å². The van der Waals surface area contributed by atoms with Crippen LogP contribution in [0.4, 0.5) is 5.69 Å². The normalized spacial score (nSPS) is 10.4. The summed E-state index contributed by atoms with van der Waals surface area (Å²) >= 11 is 5.91. The number of ether oxygens (including phenoxy) is 4. The van der Waals surface area contributed by atoms with E-state index in [1.165, 1.54) is 32.4 Å². The Kier molecular flexibility index (Phi) is 7.71. The molecule has 0 bridgehead atoms. The molecule has 0 unspecified atom stereocenters. The van der Waals surface area contributed by atoms with Crippen LogP contribution in [0.3, 0.4) is 0 Å². The summed E-state index contributed by atoms with van der Waals surface area (Å²) in [6.07, 6.45) is 2.73. The van der Waals surface area contributed by atoms with Crippen LogP contribution in [0.5, 0.6) is 17.2 Å². The van der Waals surface area contributed by atoms with Crippen LogP contribution in [0.2, 0.25) is 5.02 Å².